The second-order valence-electron chi connectivity index (χ2n) is 9.42. The van der Waals surface area contributed by atoms with E-state index in [1.807, 2.05) is 55.5 Å². The number of thiazole rings is 1. The van der Waals surface area contributed by atoms with Gasteiger partial charge in [-0.25, -0.2) is 9.79 Å². The Morgan fingerprint density at radius 3 is 2.56 bits per heavy atom. The standard InChI is InChI=1S/C31H25BrCl2N2O4S/c1-4-39-30(38)27-18(3)35-31-36(28(27)19-7-5-17(2)6-8-19)29(37)26(41-31)14-21-13-22(32)10-12-25(21)40-16-20-9-11-23(33)15-24(20)34/h5-15,28H,4,16H2,1-3H3/b26-14+/t28-/m0/s1. The molecule has 0 saturated carbocycles. The van der Waals surface area contributed by atoms with E-state index >= 15 is 0 Å². The predicted molar refractivity (Wildman–Crippen MR) is 167 cm³/mol. The maximum absolute atomic E-state index is 14.0. The van der Waals surface area contributed by atoms with E-state index in [4.69, 9.17) is 32.7 Å². The first kappa shape index (κ1) is 29.3. The van der Waals surface area contributed by atoms with E-state index < -0.39 is 12.0 Å². The molecule has 0 bridgehead atoms. The van der Waals surface area contributed by atoms with Gasteiger partial charge in [0, 0.05) is 25.6 Å². The number of nitrogens with zero attached hydrogens (tertiary/aromatic N) is 2. The molecule has 3 aromatic carbocycles. The van der Waals surface area contributed by atoms with Gasteiger partial charge in [0.15, 0.2) is 4.80 Å². The highest BCUT2D eigenvalue weighted by molar-refractivity contribution is 9.10. The van der Waals surface area contributed by atoms with Crippen molar-refractivity contribution in [1.29, 1.82) is 0 Å². The van der Waals surface area contributed by atoms with Gasteiger partial charge in [0.1, 0.15) is 12.4 Å². The number of carbonyl (C=O) groups is 1. The average Bonchev–Trinajstić information content (AvgIpc) is 3.23. The van der Waals surface area contributed by atoms with Crippen LogP contribution < -0.4 is 19.6 Å². The predicted octanol–water partition coefficient (Wildman–Crippen LogP) is 6.76. The van der Waals surface area contributed by atoms with Gasteiger partial charge in [0.25, 0.3) is 5.56 Å². The van der Waals surface area contributed by atoms with E-state index in [1.54, 1.807) is 36.6 Å². The summed E-state index contributed by atoms with van der Waals surface area (Å²) in [5, 5.41) is 1.05. The first-order valence-electron chi connectivity index (χ1n) is 12.8. The Kier molecular flexibility index (Phi) is 8.85. The number of carbonyl (C=O) groups excluding carboxylic acids is 1. The summed E-state index contributed by atoms with van der Waals surface area (Å²) in [6.45, 7) is 5.94. The quantitative estimate of drug-likeness (QED) is 0.204. The molecule has 0 spiro atoms. The zero-order valence-electron chi connectivity index (χ0n) is 22.4. The normalized spacial score (nSPS) is 15.0. The van der Waals surface area contributed by atoms with E-state index in [1.165, 1.54) is 11.3 Å². The van der Waals surface area contributed by atoms with Crippen molar-refractivity contribution in [2.45, 2.75) is 33.4 Å². The van der Waals surface area contributed by atoms with E-state index in [2.05, 4.69) is 20.9 Å². The van der Waals surface area contributed by atoms with Gasteiger partial charge in [-0.15, -0.1) is 0 Å². The highest BCUT2D eigenvalue weighted by Gasteiger charge is 2.33. The van der Waals surface area contributed by atoms with E-state index in [0.717, 1.165) is 21.2 Å². The zero-order chi connectivity index (χ0) is 29.3. The third kappa shape index (κ3) is 6.21. The number of aromatic nitrogens is 1. The summed E-state index contributed by atoms with van der Waals surface area (Å²) in [5.41, 5.74) is 3.95. The Morgan fingerprint density at radius 1 is 1.10 bits per heavy atom. The molecule has 5 rings (SSSR count). The lowest BCUT2D eigenvalue weighted by Gasteiger charge is -2.24. The van der Waals surface area contributed by atoms with Gasteiger partial charge in [-0.2, -0.15) is 0 Å². The van der Waals surface area contributed by atoms with Crippen LogP contribution in [0.15, 0.2) is 86.2 Å². The Hall–Kier alpha value is -3.17. The first-order valence-corrected chi connectivity index (χ1v) is 15.1. The monoisotopic (exact) mass is 670 g/mol. The molecule has 0 unspecified atom stereocenters. The minimum absolute atomic E-state index is 0.216. The lowest BCUT2D eigenvalue weighted by Crippen LogP contribution is -2.39. The number of fused-ring (bicyclic) bond motifs is 1. The van der Waals surface area contributed by atoms with Crippen molar-refractivity contribution >= 4 is 62.5 Å². The van der Waals surface area contributed by atoms with Crippen LogP contribution in [0.5, 0.6) is 5.75 Å². The highest BCUT2D eigenvalue weighted by Crippen LogP contribution is 2.31. The molecule has 1 aliphatic rings. The molecule has 1 atom stereocenters. The van der Waals surface area contributed by atoms with Crippen molar-refractivity contribution in [3.8, 4) is 5.75 Å². The minimum Gasteiger partial charge on any atom is -0.488 e. The van der Waals surface area contributed by atoms with Crippen LogP contribution in [-0.2, 0) is 16.1 Å². The minimum atomic E-state index is -0.668. The van der Waals surface area contributed by atoms with Crippen LogP contribution in [0.3, 0.4) is 0 Å². The van der Waals surface area contributed by atoms with Gasteiger partial charge >= 0.3 is 5.97 Å². The third-order valence-electron chi connectivity index (χ3n) is 6.57. The third-order valence-corrected chi connectivity index (χ3v) is 8.63. The van der Waals surface area contributed by atoms with E-state index in [9.17, 15) is 9.59 Å². The number of allylic oxidation sites excluding steroid dienone is 1. The molecule has 4 aromatic rings. The van der Waals surface area contributed by atoms with Crippen LogP contribution >= 0.6 is 50.5 Å². The molecule has 0 saturated heterocycles. The van der Waals surface area contributed by atoms with Crippen LogP contribution in [0.4, 0.5) is 0 Å². The van der Waals surface area contributed by atoms with E-state index in [-0.39, 0.29) is 18.8 Å². The Morgan fingerprint density at radius 2 is 1.85 bits per heavy atom. The maximum atomic E-state index is 14.0. The Bertz CT molecular complexity index is 1860. The van der Waals surface area contributed by atoms with Crippen molar-refractivity contribution in [3.63, 3.8) is 0 Å². The molecule has 2 heterocycles. The number of hydrogen-bond acceptors (Lipinski definition) is 6. The molecule has 0 radical (unpaired) electrons. The summed E-state index contributed by atoms with van der Waals surface area (Å²) >= 11 is 17.2. The highest BCUT2D eigenvalue weighted by atomic mass is 79.9. The summed E-state index contributed by atoms with van der Waals surface area (Å²) in [6, 6.07) is 17.9. The molecular formula is C31H25BrCl2N2O4S. The number of halogens is 3. The fraction of sp³-hybridized carbons (Fsp3) is 0.194. The molecule has 1 aromatic heterocycles. The van der Waals surface area contributed by atoms with Crippen LogP contribution in [0.1, 0.15) is 42.1 Å². The zero-order valence-corrected chi connectivity index (χ0v) is 26.3. The lowest BCUT2D eigenvalue weighted by atomic mass is 9.95. The van der Waals surface area contributed by atoms with Crippen molar-refractivity contribution in [3.05, 3.63) is 128 Å². The lowest BCUT2D eigenvalue weighted by molar-refractivity contribution is -0.139. The van der Waals surface area contributed by atoms with Gasteiger partial charge in [-0.05, 0) is 62.7 Å². The second-order valence-corrected chi connectivity index (χ2v) is 12.2. The molecule has 0 fully saturated rings. The number of rotatable bonds is 7. The summed E-state index contributed by atoms with van der Waals surface area (Å²) in [6.07, 6.45) is 1.78. The van der Waals surface area contributed by atoms with Gasteiger partial charge < -0.3 is 9.47 Å². The topological polar surface area (TPSA) is 69.9 Å². The average molecular weight is 672 g/mol. The summed E-state index contributed by atoms with van der Waals surface area (Å²) in [4.78, 5) is 32.2. The summed E-state index contributed by atoms with van der Waals surface area (Å²) < 4.78 is 14.4. The van der Waals surface area contributed by atoms with Gasteiger partial charge in [-0.3, -0.25) is 9.36 Å². The Labute approximate surface area is 259 Å². The summed E-state index contributed by atoms with van der Waals surface area (Å²) in [5.74, 6) is 0.0840. The van der Waals surface area contributed by atoms with Crippen LogP contribution in [0, 0.1) is 6.92 Å². The van der Waals surface area contributed by atoms with Crippen molar-refractivity contribution in [2.24, 2.45) is 4.99 Å². The molecule has 210 valence electrons. The molecule has 0 N–H and O–H groups in total. The number of ether oxygens (including phenoxy) is 2. The SMILES string of the molecule is CCOC(=O)C1=C(C)N=c2s/c(=C/c3cc(Br)ccc3OCc3ccc(Cl)cc3Cl)c(=O)n2[C@H]1c1ccc(C)cc1. The largest absolute Gasteiger partial charge is 0.488 e. The van der Waals surface area contributed by atoms with Gasteiger partial charge in [-0.1, -0.05) is 86.4 Å². The number of aryl methyl sites for hydroxylation is 1. The van der Waals surface area contributed by atoms with Crippen LogP contribution in [-0.4, -0.2) is 17.1 Å². The van der Waals surface area contributed by atoms with Crippen LogP contribution in [0.25, 0.3) is 6.08 Å². The molecule has 0 amide bonds. The number of benzene rings is 3. The second kappa shape index (κ2) is 12.4. The Balaban J connectivity index is 1.61. The molecule has 41 heavy (non-hydrogen) atoms. The van der Waals surface area contributed by atoms with E-state index in [0.29, 0.717) is 42.0 Å². The first-order chi connectivity index (χ1) is 19.7. The van der Waals surface area contributed by atoms with Gasteiger partial charge in [0.05, 0.1) is 28.5 Å². The molecule has 6 nitrogen and oxygen atoms in total. The summed E-state index contributed by atoms with van der Waals surface area (Å²) in [7, 11) is 0. The maximum Gasteiger partial charge on any atom is 0.338 e. The molecular weight excluding hydrogens is 647 g/mol. The molecule has 1 aliphatic heterocycles. The fourth-order valence-electron chi connectivity index (χ4n) is 4.55. The fourth-order valence-corrected chi connectivity index (χ4v) is 6.43. The van der Waals surface area contributed by atoms with Crippen molar-refractivity contribution < 1.29 is 14.3 Å². The number of hydrogen-bond donors (Lipinski definition) is 0. The number of esters is 1. The smallest absolute Gasteiger partial charge is 0.338 e. The van der Waals surface area contributed by atoms with Crippen molar-refractivity contribution in [1.82, 2.24) is 4.57 Å². The van der Waals surface area contributed by atoms with Crippen molar-refractivity contribution in [2.75, 3.05) is 6.61 Å². The van der Waals surface area contributed by atoms with Gasteiger partial charge in [0.2, 0.25) is 0 Å². The molecule has 10 heteroatoms. The molecule has 0 aliphatic carbocycles. The van der Waals surface area contributed by atoms with Crippen LogP contribution in [0.2, 0.25) is 10.0 Å².